The number of benzene rings is 2. The topological polar surface area (TPSA) is 117 Å². The smallest absolute Gasteiger partial charge is 0.278 e. The van der Waals surface area contributed by atoms with E-state index in [9.17, 15) is 18.8 Å². The molecule has 2 amide bonds. The van der Waals surface area contributed by atoms with Crippen molar-refractivity contribution >= 4 is 35.0 Å². The van der Waals surface area contributed by atoms with Crippen LogP contribution in [0.2, 0.25) is 0 Å². The lowest BCUT2D eigenvalue weighted by molar-refractivity contribution is -0.115. The van der Waals surface area contributed by atoms with Gasteiger partial charge < -0.3 is 10.6 Å². The number of aryl methyl sites for hydroxylation is 3. The molecule has 0 radical (unpaired) electrons. The Hall–Kier alpha value is -3.53. The fourth-order valence-electron chi connectivity index (χ4n) is 3.27. The third kappa shape index (κ3) is 5.83. The van der Waals surface area contributed by atoms with E-state index in [1.54, 1.807) is 19.9 Å². The normalized spacial score (nSPS) is 11.7. The van der Waals surface area contributed by atoms with E-state index in [1.807, 2.05) is 19.9 Å². The average molecular weight is 470 g/mol. The highest BCUT2D eigenvalue weighted by Gasteiger charge is 2.20. The van der Waals surface area contributed by atoms with Crippen LogP contribution in [0.1, 0.15) is 30.5 Å². The number of carbonyl (C=O) groups excluding carboxylic acids is 2. The Labute approximate surface area is 194 Å². The van der Waals surface area contributed by atoms with Crippen LogP contribution in [-0.4, -0.2) is 32.2 Å². The minimum absolute atomic E-state index is 0.0638. The number of rotatable bonds is 6. The average Bonchev–Trinajstić information content (AvgIpc) is 2.72. The van der Waals surface area contributed by atoms with Gasteiger partial charge >= 0.3 is 0 Å². The first-order chi connectivity index (χ1) is 15.5. The fraction of sp³-hybridized carbons (Fsp3) is 0.261. The summed E-state index contributed by atoms with van der Waals surface area (Å²) in [4.78, 5) is 39.6. The van der Waals surface area contributed by atoms with Gasteiger partial charge in [0.05, 0.1) is 10.9 Å². The molecule has 1 heterocycles. The maximum Gasteiger partial charge on any atom is 0.278 e. The molecule has 1 atom stereocenters. The van der Waals surface area contributed by atoms with E-state index in [4.69, 9.17) is 0 Å². The summed E-state index contributed by atoms with van der Waals surface area (Å²) >= 11 is 1.03. The number of hydrogen-bond donors (Lipinski definition) is 3. The molecule has 0 aliphatic heterocycles. The molecule has 0 fully saturated rings. The molecule has 8 nitrogen and oxygen atoms in total. The van der Waals surface area contributed by atoms with E-state index >= 15 is 0 Å². The molecule has 10 heteroatoms. The zero-order chi connectivity index (χ0) is 24.3. The molecule has 0 bridgehead atoms. The number of halogens is 1. The van der Waals surface area contributed by atoms with Crippen LogP contribution in [0.25, 0.3) is 11.3 Å². The van der Waals surface area contributed by atoms with Gasteiger partial charge in [-0.3, -0.25) is 19.4 Å². The van der Waals surface area contributed by atoms with Crippen molar-refractivity contribution in [3.05, 3.63) is 63.2 Å². The summed E-state index contributed by atoms with van der Waals surface area (Å²) in [5.74, 6) is -0.981. The molecule has 0 spiro atoms. The first kappa shape index (κ1) is 24.1. The Bertz CT molecular complexity index is 1290. The number of nitrogens with zero attached hydrogens (tertiary/aromatic N) is 2. The van der Waals surface area contributed by atoms with Gasteiger partial charge in [0.15, 0.2) is 10.9 Å². The number of nitrogens with one attached hydrogen (secondary N) is 3. The summed E-state index contributed by atoms with van der Waals surface area (Å²) in [5, 5.41) is 13.2. The van der Waals surface area contributed by atoms with Crippen molar-refractivity contribution in [1.29, 1.82) is 0 Å². The van der Waals surface area contributed by atoms with E-state index in [1.165, 1.54) is 25.1 Å². The van der Waals surface area contributed by atoms with E-state index < -0.39 is 10.8 Å². The largest absolute Gasteiger partial charge is 0.325 e. The lowest BCUT2D eigenvalue weighted by Gasteiger charge is -2.14. The Balaban J connectivity index is 1.82. The van der Waals surface area contributed by atoms with Crippen molar-refractivity contribution in [3.63, 3.8) is 0 Å². The van der Waals surface area contributed by atoms with Gasteiger partial charge in [-0.1, -0.05) is 23.4 Å². The van der Waals surface area contributed by atoms with Gasteiger partial charge in [-0.15, -0.1) is 10.2 Å². The minimum Gasteiger partial charge on any atom is -0.325 e. The van der Waals surface area contributed by atoms with E-state index in [0.717, 1.165) is 22.9 Å². The summed E-state index contributed by atoms with van der Waals surface area (Å²) in [6.07, 6.45) is 0. The molecule has 0 aliphatic carbocycles. The second kappa shape index (κ2) is 9.95. The highest BCUT2D eigenvalue weighted by atomic mass is 32.2. The quantitative estimate of drug-likeness (QED) is 0.470. The number of amides is 2. The summed E-state index contributed by atoms with van der Waals surface area (Å²) in [7, 11) is 0. The number of aromatic nitrogens is 3. The molecule has 1 aromatic heterocycles. The third-order valence-corrected chi connectivity index (χ3v) is 5.79. The number of thioether (sulfide) groups is 1. The van der Waals surface area contributed by atoms with Crippen molar-refractivity contribution in [2.24, 2.45) is 0 Å². The van der Waals surface area contributed by atoms with Crippen molar-refractivity contribution < 1.29 is 14.0 Å². The minimum atomic E-state index is -0.610. The zero-order valence-corrected chi connectivity index (χ0v) is 19.7. The van der Waals surface area contributed by atoms with Gasteiger partial charge in [0.25, 0.3) is 5.56 Å². The van der Waals surface area contributed by atoms with Gasteiger partial charge in [0.1, 0.15) is 5.82 Å². The van der Waals surface area contributed by atoms with Crippen molar-refractivity contribution in [1.82, 2.24) is 15.2 Å². The molecule has 3 N–H and O–H groups in total. The first-order valence-electron chi connectivity index (χ1n) is 10.1. The Morgan fingerprint density at radius 1 is 1.06 bits per heavy atom. The molecule has 0 unspecified atom stereocenters. The van der Waals surface area contributed by atoms with E-state index in [-0.39, 0.29) is 28.5 Å². The Morgan fingerprint density at radius 2 is 1.79 bits per heavy atom. The van der Waals surface area contributed by atoms with E-state index in [2.05, 4.69) is 25.8 Å². The summed E-state index contributed by atoms with van der Waals surface area (Å²) < 4.78 is 13.3. The van der Waals surface area contributed by atoms with Crippen LogP contribution in [0.15, 0.2) is 40.3 Å². The lowest BCUT2D eigenvalue weighted by Crippen LogP contribution is -2.24. The highest BCUT2D eigenvalue weighted by molar-refractivity contribution is 8.00. The second-order valence-electron chi connectivity index (χ2n) is 7.70. The molecule has 33 heavy (non-hydrogen) atoms. The van der Waals surface area contributed by atoms with Crippen LogP contribution in [-0.2, 0) is 9.59 Å². The third-order valence-electron chi connectivity index (χ3n) is 4.82. The number of anilines is 2. The maximum absolute atomic E-state index is 13.3. The number of aromatic amines is 1. The van der Waals surface area contributed by atoms with Crippen LogP contribution in [0.4, 0.5) is 15.8 Å². The number of hydrogen-bond acceptors (Lipinski definition) is 6. The number of carbonyl (C=O) groups is 2. The van der Waals surface area contributed by atoms with Crippen LogP contribution in [0.3, 0.4) is 0 Å². The van der Waals surface area contributed by atoms with Crippen LogP contribution in [0, 0.1) is 26.6 Å². The molecule has 3 aromatic rings. The molecule has 0 aliphatic rings. The lowest BCUT2D eigenvalue weighted by atomic mass is 10.0. The predicted molar refractivity (Wildman–Crippen MR) is 127 cm³/mol. The van der Waals surface area contributed by atoms with Crippen molar-refractivity contribution in [2.45, 2.75) is 45.0 Å². The van der Waals surface area contributed by atoms with Gasteiger partial charge in [-0.2, -0.15) is 0 Å². The van der Waals surface area contributed by atoms with Crippen LogP contribution in [0.5, 0.6) is 0 Å². The zero-order valence-electron chi connectivity index (χ0n) is 18.9. The van der Waals surface area contributed by atoms with Gasteiger partial charge in [0, 0.05) is 18.2 Å². The van der Waals surface area contributed by atoms with Crippen molar-refractivity contribution in [2.75, 3.05) is 10.6 Å². The SMILES string of the molecule is CC(=O)Nc1c(C)cc(C)cc1-c1nnc(S[C@H](C)C(=O)Nc2ccc(F)cc2C)[nH]c1=O. The molecule has 3 rings (SSSR count). The van der Waals surface area contributed by atoms with E-state index in [0.29, 0.717) is 22.5 Å². The highest BCUT2D eigenvalue weighted by Crippen LogP contribution is 2.30. The molecule has 0 saturated carbocycles. The first-order valence-corrected chi connectivity index (χ1v) is 11.0. The standard InChI is InChI=1S/C23H24FN5O3S/c1-11-8-13(3)19(25-15(5)30)17(9-11)20-22(32)27-23(29-28-20)33-14(4)21(31)26-18-7-6-16(24)10-12(18)2/h6-10,14H,1-5H3,(H,25,30)(H,26,31)(H,27,29,32)/t14-/m1/s1. The molecule has 172 valence electrons. The summed E-state index contributed by atoms with van der Waals surface area (Å²) in [5.41, 5.74) is 3.32. The molecular weight excluding hydrogens is 445 g/mol. The summed E-state index contributed by atoms with van der Waals surface area (Å²) in [6, 6.07) is 7.74. The molecule has 2 aromatic carbocycles. The Kier molecular flexibility index (Phi) is 7.27. The van der Waals surface area contributed by atoms with Gasteiger partial charge in [0.2, 0.25) is 11.8 Å². The number of H-pyrrole nitrogens is 1. The Morgan fingerprint density at radius 3 is 2.42 bits per heavy atom. The fourth-order valence-corrected chi connectivity index (χ4v) is 4.01. The van der Waals surface area contributed by atoms with Crippen LogP contribution < -0.4 is 16.2 Å². The van der Waals surface area contributed by atoms with Gasteiger partial charge in [-0.05, 0) is 63.1 Å². The maximum atomic E-state index is 13.3. The predicted octanol–water partition coefficient (Wildman–Crippen LogP) is 3.97. The van der Waals surface area contributed by atoms with Gasteiger partial charge in [-0.25, -0.2) is 4.39 Å². The van der Waals surface area contributed by atoms with Crippen molar-refractivity contribution in [3.8, 4) is 11.3 Å². The summed E-state index contributed by atoms with van der Waals surface area (Å²) in [6.45, 7) is 8.45. The monoisotopic (exact) mass is 469 g/mol. The van der Waals surface area contributed by atoms with Crippen LogP contribution >= 0.6 is 11.8 Å². The second-order valence-corrected chi connectivity index (χ2v) is 9.03. The molecular formula is C23H24FN5O3S. The molecule has 0 saturated heterocycles.